The molecule has 3 N–H and O–H groups in total. The molecule has 6 rings (SSSR count). The lowest BCUT2D eigenvalue weighted by Crippen LogP contribution is -2.00. The first kappa shape index (κ1) is 20.8. The predicted molar refractivity (Wildman–Crippen MR) is 120 cm³/mol. The topological polar surface area (TPSA) is 117 Å². The van der Waals surface area contributed by atoms with E-state index in [4.69, 9.17) is 16.3 Å². The van der Waals surface area contributed by atoms with Gasteiger partial charge in [0.25, 0.3) is 0 Å². The van der Waals surface area contributed by atoms with Crippen molar-refractivity contribution >= 4 is 51.4 Å². The predicted octanol–water partition coefficient (Wildman–Crippen LogP) is 4.53. The summed E-state index contributed by atoms with van der Waals surface area (Å²) >= 11 is 5.59. The van der Waals surface area contributed by atoms with Crippen LogP contribution in [0.5, 0.6) is 5.75 Å². The molecule has 4 aromatic heterocycles. The van der Waals surface area contributed by atoms with E-state index in [0.29, 0.717) is 40.5 Å². The third-order valence-electron chi connectivity index (χ3n) is 5.00. The number of fused-ring (bicyclic) bond motifs is 3. The lowest BCUT2D eigenvalue weighted by Gasteiger charge is -2.13. The number of H-pyrrole nitrogens is 2. The Balaban J connectivity index is 0.000000174. The molecule has 0 saturated carbocycles. The molecule has 0 fully saturated rings. The van der Waals surface area contributed by atoms with Crippen LogP contribution in [0.15, 0.2) is 42.2 Å². The fraction of sp³-hybridized carbons (Fsp3) is 0.0952. The molecule has 0 aliphatic carbocycles. The summed E-state index contributed by atoms with van der Waals surface area (Å²) in [6.07, 6.45) is 6.93. The second kappa shape index (κ2) is 8.43. The summed E-state index contributed by atoms with van der Waals surface area (Å²) in [5, 5.41) is 3.82. The van der Waals surface area contributed by atoms with Gasteiger partial charge in [-0.3, -0.25) is 4.99 Å². The summed E-state index contributed by atoms with van der Waals surface area (Å²) in [5.41, 5.74) is 3.68. The molecule has 0 spiro atoms. The number of aromatic amines is 2. The number of ether oxygens (including phenoxy) is 1. The first-order chi connectivity index (χ1) is 16.0. The Bertz CT molecular complexity index is 1510. The molecule has 0 radical (unpaired) electrons. The smallest absolute Gasteiger partial charge is 0.153 e. The van der Waals surface area contributed by atoms with Crippen molar-refractivity contribution in [2.45, 2.75) is 6.54 Å². The van der Waals surface area contributed by atoms with Crippen molar-refractivity contribution in [3.05, 3.63) is 65.1 Å². The third kappa shape index (κ3) is 3.82. The van der Waals surface area contributed by atoms with Gasteiger partial charge in [0.1, 0.15) is 40.7 Å². The average Bonchev–Trinajstić information content (AvgIpc) is 3.53. The molecule has 1 aromatic carbocycles. The summed E-state index contributed by atoms with van der Waals surface area (Å²) in [4.78, 5) is 25.2. The van der Waals surface area contributed by atoms with Gasteiger partial charge in [0.05, 0.1) is 30.1 Å². The molecule has 1 aliphatic heterocycles. The first-order valence-electron chi connectivity index (χ1n) is 9.63. The normalized spacial score (nSPS) is 12.0. The van der Waals surface area contributed by atoms with Crippen LogP contribution in [0.25, 0.3) is 22.1 Å². The van der Waals surface area contributed by atoms with E-state index in [1.54, 1.807) is 7.11 Å². The molecule has 166 valence electrons. The minimum absolute atomic E-state index is 0.133. The standard InChI is InChI=1S/C15H12FN5O.C6H3ClFN3/c1-22-12-3-9-5-17-4-8(9)2-11(12)21-15-13-10(16)6-18-14(13)19-7-20-15;7-5-4-3(8)1-9-6(4)11-2-10-5/h2-4,6-7H,5H2,1H3,(H2,18,19,20,21);1-2H,(H,9,10,11). The van der Waals surface area contributed by atoms with Crippen LogP contribution in [0.1, 0.15) is 11.1 Å². The van der Waals surface area contributed by atoms with Gasteiger partial charge < -0.3 is 20.0 Å². The molecule has 5 aromatic rings. The van der Waals surface area contributed by atoms with Gasteiger partial charge in [-0.25, -0.2) is 28.7 Å². The van der Waals surface area contributed by atoms with Gasteiger partial charge in [0.2, 0.25) is 0 Å². The minimum atomic E-state index is -0.425. The van der Waals surface area contributed by atoms with E-state index in [-0.39, 0.29) is 10.5 Å². The molecule has 0 amide bonds. The van der Waals surface area contributed by atoms with Crippen LogP contribution in [0.2, 0.25) is 5.15 Å². The fourth-order valence-corrected chi connectivity index (χ4v) is 3.66. The molecule has 9 nitrogen and oxygen atoms in total. The SMILES string of the molecule is COc1cc2c(cc1Nc1ncnc3[nH]cc(F)c13)C=NC2.Fc1c[nH]c2ncnc(Cl)c12. The second-order valence-electron chi connectivity index (χ2n) is 6.95. The van der Waals surface area contributed by atoms with Crippen molar-refractivity contribution in [2.75, 3.05) is 12.4 Å². The number of benzene rings is 1. The summed E-state index contributed by atoms with van der Waals surface area (Å²) < 4.78 is 32.1. The highest BCUT2D eigenvalue weighted by Crippen LogP contribution is 2.34. The Morgan fingerprint density at radius 2 is 1.67 bits per heavy atom. The molecule has 33 heavy (non-hydrogen) atoms. The van der Waals surface area contributed by atoms with Crippen LogP contribution in [0.4, 0.5) is 20.3 Å². The van der Waals surface area contributed by atoms with Crippen molar-refractivity contribution in [1.82, 2.24) is 29.9 Å². The molecule has 0 unspecified atom stereocenters. The van der Waals surface area contributed by atoms with Crippen molar-refractivity contribution in [1.29, 1.82) is 0 Å². The van der Waals surface area contributed by atoms with Gasteiger partial charge in [0, 0.05) is 18.6 Å². The Kier molecular flexibility index (Phi) is 5.31. The van der Waals surface area contributed by atoms with Gasteiger partial charge in [-0.15, -0.1) is 0 Å². The first-order valence-corrected chi connectivity index (χ1v) is 10.0. The van der Waals surface area contributed by atoms with E-state index in [1.807, 2.05) is 18.3 Å². The maximum Gasteiger partial charge on any atom is 0.153 e. The Labute approximate surface area is 189 Å². The second-order valence-corrected chi connectivity index (χ2v) is 7.31. The van der Waals surface area contributed by atoms with Gasteiger partial charge >= 0.3 is 0 Å². The van der Waals surface area contributed by atoms with Gasteiger partial charge in [-0.05, 0) is 23.3 Å². The molecule has 0 bridgehead atoms. The van der Waals surface area contributed by atoms with E-state index in [2.05, 4.69) is 40.2 Å². The van der Waals surface area contributed by atoms with Crippen molar-refractivity contribution in [2.24, 2.45) is 4.99 Å². The highest BCUT2D eigenvalue weighted by atomic mass is 35.5. The number of aromatic nitrogens is 6. The van der Waals surface area contributed by atoms with Crippen LogP contribution >= 0.6 is 11.6 Å². The molecular weight excluding hydrogens is 454 g/mol. The lowest BCUT2D eigenvalue weighted by molar-refractivity contribution is 0.416. The number of methoxy groups -OCH3 is 1. The van der Waals surface area contributed by atoms with Crippen LogP contribution in [-0.2, 0) is 6.54 Å². The summed E-state index contributed by atoms with van der Waals surface area (Å²) in [6.45, 7) is 0.649. The van der Waals surface area contributed by atoms with Crippen LogP contribution in [0.3, 0.4) is 0 Å². The number of nitrogens with zero attached hydrogens (tertiary/aromatic N) is 5. The quantitative estimate of drug-likeness (QED) is 0.335. The molecular formula is C21H15ClF2N8O. The van der Waals surface area contributed by atoms with Crippen molar-refractivity contribution < 1.29 is 13.5 Å². The minimum Gasteiger partial charge on any atom is -0.495 e. The zero-order valence-corrected chi connectivity index (χ0v) is 17.8. The number of hydrogen-bond acceptors (Lipinski definition) is 7. The maximum atomic E-state index is 13.9. The van der Waals surface area contributed by atoms with Crippen LogP contribution in [0, 0.1) is 11.6 Å². The van der Waals surface area contributed by atoms with E-state index in [1.165, 1.54) is 25.0 Å². The molecule has 12 heteroatoms. The number of nitrogens with one attached hydrogen (secondary N) is 3. The number of halogens is 3. The molecule has 0 saturated heterocycles. The summed E-state index contributed by atoms with van der Waals surface area (Å²) in [6, 6.07) is 3.85. The monoisotopic (exact) mass is 468 g/mol. The Morgan fingerprint density at radius 3 is 2.39 bits per heavy atom. The van der Waals surface area contributed by atoms with Crippen LogP contribution in [-0.4, -0.2) is 43.2 Å². The Hall–Kier alpha value is -4.12. The highest BCUT2D eigenvalue weighted by molar-refractivity contribution is 6.33. The van der Waals surface area contributed by atoms with Crippen molar-refractivity contribution in [3.8, 4) is 5.75 Å². The Morgan fingerprint density at radius 1 is 0.970 bits per heavy atom. The largest absolute Gasteiger partial charge is 0.495 e. The average molecular weight is 469 g/mol. The number of aliphatic imine (C=N–C) groups is 1. The summed E-state index contributed by atoms with van der Waals surface area (Å²) in [7, 11) is 1.59. The molecule has 0 atom stereocenters. The number of rotatable bonds is 3. The van der Waals surface area contributed by atoms with Crippen molar-refractivity contribution in [3.63, 3.8) is 0 Å². The van der Waals surface area contributed by atoms with E-state index in [9.17, 15) is 8.78 Å². The number of anilines is 2. The van der Waals surface area contributed by atoms with E-state index < -0.39 is 11.6 Å². The fourth-order valence-electron chi connectivity index (χ4n) is 3.44. The number of hydrogen-bond donors (Lipinski definition) is 3. The molecule has 5 heterocycles. The zero-order valence-electron chi connectivity index (χ0n) is 17.0. The third-order valence-corrected chi connectivity index (χ3v) is 5.29. The van der Waals surface area contributed by atoms with Gasteiger partial charge in [-0.2, -0.15) is 0 Å². The van der Waals surface area contributed by atoms with E-state index >= 15 is 0 Å². The zero-order chi connectivity index (χ0) is 22.9. The molecule has 1 aliphatic rings. The van der Waals surface area contributed by atoms with Gasteiger partial charge in [-0.1, -0.05) is 11.6 Å². The van der Waals surface area contributed by atoms with Crippen LogP contribution < -0.4 is 10.1 Å². The van der Waals surface area contributed by atoms with Gasteiger partial charge in [0.15, 0.2) is 11.6 Å². The summed E-state index contributed by atoms with van der Waals surface area (Å²) in [5.74, 6) is 0.217. The van der Waals surface area contributed by atoms with E-state index in [0.717, 1.165) is 11.1 Å². The lowest BCUT2D eigenvalue weighted by atomic mass is 10.1. The maximum absolute atomic E-state index is 13.9. The highest BCUT2D eigenvalue weighted by Gasteiger charge is 2.16.